The maximum absolute atomic E-state index is 13.1. The van der Waals surface area contributed by atoms with Crippen LogP contribution in [0.3, 0.4) is 0 Å². The highest BCUT2D eigenvalue weighted by Gasteiger charge is 2.54. The van der Waals surface area contributed by atoms with E-state index >= 15 is 0 Å². The fraction of sp³-hybridized carbons (Fsp3) is 0.762. The Morgan fingerprint density at radius 2 is 2.10 bits per heavy atom. The standard InChI is InChI=1S/C21H31N3O4S/c1-3-28-20(26)21-6-4-17(23-8-10-27-11-9-23)12-16(21)5-7-24(14-21)19(25)18-13-29-15(2)22-18/h13,16-17H,3-12,14H2,1-2H3/t16-,17-,21-/m1/s1. The zero-order valence-corrected chi connectivity index (χ0v) is 18.2. The number of amides is 1. The molecule has 3 heterocycles. The fourth-order valence-electron chi connectivity index (χ4n) is 5.31. The van der Waals surface area contributed by atoms with Crippen LogP contribution in [0.4, 0.5) is 0 Å². The number of hydrogen-bond acceptors (Lipinski definition) is 7. The smallest absolute Gasteiger partial charge is 0.314 e. The molecule has 0 unspecified atom stereocenters. The van der Waals surface area contributed by atoms with Gasteiger partial charge in [-0.1, -0.05) is 0 Å². The van der Waals surface area contributed by atoms with Crippen molar-refractivity contribution < 1.29 is 19.1 Å². The number of ether oxygens (including phenoxy) is 2. The van der Waals surface area contributed by atoms with E-state index in [9.17, 15) is 9.59 Å². The molecule has 0 aromatic carbocycles. The van der Waals surface area contributed by atoms with Crippen LogP contribution in [0.15, 0.2) is 5.38 Å². The van der Waals surface area contributed by atoms with Crippen molar-refractivity contribution in [2.45, 2.75) is 45.6 Å². The first-order chi connectivity index (χ1) is 14.0. The summed E-state index contributed by atoms with van der Waals surface area (Å²) >= 11 is 1.48. The van der Waals surface area contributed by atoms with Gasteiger partial charge in [0.1, 0.15) is 5.69 Å². The van der Waals surface area contributed by atoms with E-state index in [0.29, 0.717) is 31.4 Å². The van der Waals surface area contributed by atoms with Crippen molar-refractivity contribution in [1.82, 2.24) is 14.8 Å². The van der Waals surface area contributed by atoms with Gasteiger partial charge >= 0.3 is 5.97 Å². The Morgan fingerprint density at radius 1 is 1.31 bits per heavy atom. The first kappa shape index (κ1) is 20.8. The minimum Gasteiger partial charge on any atom is -0.466 e. The van der Waals surface area contributed by atoms with Crippen molar-refractivity contribution in [3.8, 4) is 0 Å². The number of fused-ring (bicyclic) bond motifs is 1. The summed E-state index contributed by atoms with van der Waals surface area (Å²) in [5.41, 5.74) is -0.0930. The predicted molar refractivity (Wildman–Crippen MR) is 110 cm³/mol. The van der Waals surface area contributed by atoms with E-state index < -0.39 is 5.41 Å². The Kier molecular flexibility index (Phi) is 6.22. The quantitative estimate of drug-likeness (QED) is 0.695. The summed E-state index contributed by atoms with van der Waals surface area (Å²) in [6.45, 7) is 8.78. The summed E-state index contributed by atoms with van der Waals surface area (Å²) in [6.07, 6.45) is 3.58. The van der Waals surface area contributed by atoms with Crippen LogP contribution in [0.25, 0.3) is 0 Å². The van der Waals surface area contributed by atoms with E-state index in [1.807, 2.05) is 24.1 Å². The number of aryl methyl sites for hydroxylation is 1. The van der Waals surface area contributed by atoms with Gasteiger partial charge in [0.2, 0.25) is 0 Å². The van der Waals surface area contributed by atoms with Crippen molar-refractivity contribution in [3.05, 3.63) is 16.1 Å². The van der Waals surface area contributed by atoms with Gasteiger partial charge in [-0.15, -0.1) is 11.3 Å². The van der Waals surface area contributed by atoms with Gasteiger partial charge in [0.25, 0.3) is 5.91 Å². The van der Waals surface area contributed by atoms with Crippen molar-refractivity contribution in [2.24, 2.45) is 11.3 Å². The Balaban J connectivity index is 1.52. The topological polar surface area (TPSA) is 72.0 Å². The normalized spacial score (nSPS) is 30.6. The van der Waals surface area contributed by atoms with Crippen LogP contribution in [0.1, 0.15) is 48.1 Å². The van der Waals surface area contributed by atoms with Crippen molar-refractivity contribution in [3.63, 3.8) is 0 Å². The summed E-state index contributed by atoms with van der Waals surface area (Å²) in [5, 5.41) is 2.70. The SMILES string of the molecule is CCOC(=O)[C@@]12CC[C@@H](N3CCOCC3)C[C@H]1CCN(C(=O)c1csc(C)n1)C2. The molecule has 1 aromatic rings. The molecule has 0 bridgehead atoms. The third-order valence-electron chi connectivity index (χ3n) is 6.85. The second kappa shape index (κ2) is 8.70. The number of carbonyl (C=O) groups is 2. The second-order valence-electron chi connectivity index (χ2n) is 8.42. The molecule has 1 saturated carbocycles. The van der Waals surface area contributed by atoms with Gasteiger partial charge in [0.05, 0.1) is 30.2 Å². The number of piperidine rings is 1. The number of morpholine rings is 1. The number of hydrogen-bond donors (Lipinski definition) is 0. The molecule has 3 fully saturated rings. The molecule has 160 valence electrons. The third-order valence-corrected chi connectivity index (χ3v) is 7.63. The molecule has 2 saturated heterocycles. The number of aromatic nitrogens is 1. The number of carbonyl (C=O) groups excluding carboxylic acids is 2. The van der Waals surface area contributed by atoms with Crippen molar-refractivity contribution in [2.75, 3.05) is 46.0 Å². The largest absolute Gasteiger partial charge is 0.466 e. The van der Waals surface area contributed by atoms with Crippen molar-refractivity contribution in [1.29, 1.82) is 0 Å². The van der Waals surface area contributed by atoms with Crippen LogP contribution in [0.5, 0.6) is 0 Å². The minimum atomic E-state index is -0.586. The van der Waals surface area contributed by atoms with Gasteiger partial charge < -0.3 is 14.4 Å². The van der Waals surface area contributed by atoms with Gasteiger partial charge in [-0.2, -0.15) is 0 Å². The van der Waals surface area contributed by atoms with E-state index in [-0.39, 0.29) is 17.8 Å². The molecule has 1 amide bonds. The van der Waals surface area contributed by atoms with Crippen LogP contribution < -0.4 is 0 Å². The number of rotatable bonds is 4. The lowest BCUT2D eigenvalue weighted by Crippen LogP contribution is -2.59. The third kappa shape index (κ3) is 4.07. The number of likely N-dealkylation sites (tertiary alicyclic amines) is 1. The van der Waals surface area contributed by atoms with Crippen LogP contribution in [0, 0.1) is 18.3 Å². The van der Waals surface area contributed by atoms with Gasteiger partial charge in [0.15, 0.2) is 0 Å². The summed E-state index contributed by atoms with van der Waals surface area (Å²) in [7, 11) is 0. The number of esters is 1. The van der Waals surface area contributed by atoms with Crippen molar-refractivity contribution >= 4 is 23.2 Å². The maximum atomic E-state index is 13.1. The Hall–Kier alpha value is -1.51. The Labute approximate surface area is 176 Å². The van der Waals surface area contributed by atoms with Gasteiger partial charge in [-0.05, 0) is 45.4 Å². The van der Waals surface area contributed by atoms with Gasteiger partial charge in [-0.3, -0.25) is 14.5 Å². The summed E-state index contributed by atoms with van der Waals surface area (Å²) in [5.74, 6) is 0.0635. The average Bonchev–Trinajstić information content (AvgIpc) is 3.19. The zero-order valence-electron chi connectivity index (χ0n) is 17.4. The Morgan fingerprint density at radius 3 is 2.79 bits per heavy atom. The molecule has 1 aromatic heterocycles. The number of nitrogens with zero attached hydrogens (tertiary/aromatic N) is 3. The van der Waals surface area contributed by atoms with E-state index in [0.717, 1.165) is 57.0 Å². The molecule has 3 aliphatic rings. The molecular formula is C21H31N3O4S. The maximum Gasteiger partial charge on any atom is 0.314 e. The predicted octanol–water partition coefficient (Wildman–Crippen LogP) is 2.35. The second-order valence-corrected chi connectivity index (χ2v) is 9.48. The van der Waals surface area contributed by atoms with Crippen LogP contribution in [-0.4, -0.2) is 78.7 Å². The molecule has 3 atom stereocenters. The lowest BCUT2D eigenvalue weighted by Gasteiger charge is -2.52. The number of thiazole rings is 1. The van der Waals surface area contributed by atoms with E-state index in [4.69, 9.17) is 9.47 Å². The van der Waals surface area contributed by atoms with Gasteiger partial charge in [-0.25, -0.2) is 4.98 Å². The molecule has 0 spiro atoms. The lowest BCUT2D eigenvalue weighted by atomic mass is 9.61. The van der Waals surface area contributed by atoms with Gasteiger partial charge in [0, 0.05) is 37.6 Å². The van der Waals surface area contributed by atoms with Crippen LogP contribution in [-0.2, 0) is 14.3 Å². The molecule has 0 radical (unpaired) electrons. The summed E-state index contributed by atoms with van der Waals surface area (Å²) in [6, 6.07) is 0.495. The van der Waals surface area contributed by atoms with Crippen LogP contribution >= 0.6 is 11.3 Å². The molecule has 1 aliphatic carbocycles. The van der Waals surface area contributed by atoms with Crippen LogP contribution in [0.2, 0.25) is 0 Å². The van der Waals surface area contributed by atoms with E-state index in [1.165, 1.54) is 11.3 Å². The molecule has 29 heavy (non-hydrogen) atoms. The molecule has 2 aliphatic heterocycles. The van der Waals surface area contributed by atoms with E-state index in [1.54, 1.807) is 0 Å². The molecule has 7 nitrogen and oxygen atoms in total. The molecular weight excluding hydrogens is 390 g/mol. The highest BCUT2D eigenvalue weighted by molar-refractivity contribution is 7.09. The molecule has 4 rings (SSSR count). The first-order valence-electron chi connectivity index (χ1n) is 10.7. The van der Waals surface area contributed by atoms with E-state index in [2.05, 4.69) is 9.88 Å². The average molecular weight is 422 g/mol. The summed E-state index contributed by atoms with van der Waals surface area (Å²) < 4.78 is 11.0. The molecule has 0 N–H and O–H groups in total. The first-order valence-corrected chi connectivity index (χ1v) is 11.6. The highest BCUT2D eigenvalue weighted by atomic mass is 32.1. The minimum absolute atomic E-state index is 0.0632. The Bertz CT molecular complexity index is 748. The highest BCUT2D eigenvalue weighted by Crippen LogP contribution is 2.48. The lowest BCUT2D eigenvalue weighted by molar-refractivity contribution is -0.168. The molecule has 8 heteroatoms. The summed E-state index contributed by atoms with van der Waals surface area (Å²) in [4.78, 5) is 34.9. The monoisotopic (exact) mass is 421 g/mol. The zero-order chi connectivity index (χ0) is 20.4. The fourth-order valence-corrected chi connectivity index (χ4v) is 5.90.